The lowest BCUT2D eigenvalue weighted by Gasteiger charge is -2.05. The summed E-state index contributed by atoms with van der Waals surface area (Å²) in [5.74, 6) is 0.840. The van der Waals surface area contributed by atoms with Crippen LogP contribution >= 0.6 is 11.6 Å². The molecule has 0 spiro atoms. The lowest BCUT2D eigenvalue weighted by atomic mass is 10.3. The summed E-state index contributed by atoms with van der Waals surface area (Å²) in [5, 5.41) is 8.08. The van der Waals surface area contributed by atoms with Crippen LogP contribution in [0.1, 0.15) is 5.69 Å². The number of anilines is 1. The van der Waals surface area contributed by atoms with Gasteiger partial charge in [-0.05, 0) is 19.1 Å². The van der Waals surface area contributed by atoms with Gasteiger partial charge in [-0.1, -0.05) is 23.7 Å². The molecule has 0 saturated carbocycles. The molecule has 0 aliphatic heterocycles. The molecule has 3 nitrogen and oxygen atoms in total. The third kappa shape index (κ3) is 1.83. The van der Waals surface area contributed by atoms with Crippen LogP contribution in [-0.2, 0) is 0 Å². The van der Waals surface area contributed by atoms with Crippen LogP contribution < -0.4 is 5.32 Å². The van der Waals surface area contributed by atoms with Crippen molar-refractivity contribution in [1.29, 1.82) is 0 Å². The average molecular weight is 222 g/mol. The smallest absolute Gasteiger partial charge is 0.148 e. The number of aromatic nitrogens is 2. The van der Waals surface area contributed by atoms with E-state index < -0.39 is 0 Å². The molecule has 1 aromatic carbocycles. The van der Waals surface area contributed by atoms with Crippen LogP contribution in [0.5, 0.6) is 0 Å². The summed E-state index contributed by atoms with van der Waals surface area (Å²) in [6.45, 7) is 2.00. The lowest BCUT2D eigenvalue weighted by Crippen LogP contribution is -2.00. The van der Waals surface area contributed by atoms with Crippen molar-refractivity contribution < 1.29 is 0 Å². The number of nitrogens with one attached hydrogen (secondary N) is 1. The Balaban J connectivity index is 2.54. The van der Waals surface area contributed by atoms with Crippen LogP contribution in [0.15, 0.2) is 30.3 Å². The molecular weight excluding hydrogens is 210 g/mol. The molecule has 4 heteroatoms. The Morgan fingerprint density at radius 1 is 1.33 bits per heavy atom. The molecule has 1 N–H and O–H groups in total. The SMILES string of the molecule is CNc1cc(C)n(-c2ccccc2Cl)n1. The summed E-state index contributed by atoms with van der Waals surface area (Å²) >= 11 is 6.10. The highest BCUT2D eigenvalue weighted by Gasteiger charge is 2.07. The minimum atomic E-state index is 0.700. The van der Waals surface area contributed by atoms with Gasteiger partial charge in [-0.2, -0.15) is 5.10 Å². The van der Waals surface area contributed by atoms with E-state index in [-0.39, 0.29) is 0 Å². The van der Waals surface area contributed by atoms with Gasteiger partial charge in [-0.25, -0.2) is 4.68 Å². The molecule has 1 heterocycles. The fraction of sp³-hybridized carbons (Fsp3) is 0.182. The summed E-state index contributed by atoms with van der Waals surface area (Å²) in [4.78, 5) is 0. The number of para-hydroxylation sites is 1. The summed E-state index contributed by atoms with van der Waals surface area (Å²) in [6, 6.07) is 9.63. The Kier molecular flexibility index (Phi) is 2.64. The zero-order chi connectivity index (χ0) is 10.8. The van der Waals surface area contributed by atoms with Crippen molar-refractivity contribution in [3.05, 3.63) is 41.0 Å². The van der Waals surface area contributed by atoms with Crippen molar-refractivity contribution in [2.45, 2.75) is 6.92 Å². The quantitative estimate of drug-likeness (QED) is 0.845. The fourth-order valence-electron chi connectivity index (χ4n) is 1.46. The van der Waals surface area contributed by atoms with Crippen LogP contribution in [0.2, 0.25) is 5.02 Å². The summed E-state index contributed by atoms with van der Waals surface area (Å²) in [5.41, 5.74) is 1.95. The predicted molar refractivity (Wildman–Crippen MR) is 62.9 cm³/mol. The Hall–Kier alpha value is -1.48. The maximum atomic E-state index is 6.10. The molecule has 0 bridgehead atoms. The second-order valence-electron chi connectivity index (χ2n) is 3.28. The molecule has 0 saturated heterocycles. The van der Waals surface area contributed by atoms with Crippen LogP contribution in [0.25, 0.3) is 5.69 Å². The Morgan fingerprint density at radius 2 is 2.07 bits per heavy atom. The average Bonchev–Trinajstić information content (AvgIpc) is 2.60. The highest BCUT2D eigenvalue weighted by atomic mass is 35.5. The fourth-order valence-corrected chi connectivity index (χ4v) is 1.68. The van der Waals surface area contributed by atoms with E-state index in [9.17, 15) is 0 Å². The van der Waals surface area contributed by atoms with E-state index in [2.05, 4.69) is 10.4 Å². The zero-order valence-electron chi connectivity index (χ0n) is 8.66. The van der Waals surface area contributed by atoms with E-state index in [1.165, 1.54) is 0 Å². The highest BCUT2D eigenvalue weighted by molar-refractivity contribution is 6.32. The normalized spacial score (nSPS) is 10.3. The first-order valence-corrected chi connectivity index (χ1v) is 5.09. The van der Waals surface area contributed by atoms with Gasteiger partial charge in [0.2, 0.25) is 0 Å². The number of hydrogen-bond acceptors (Lipinski definition) is 2. The summed E-state index contributed by atoms with van der Waals surface area (Å²) in [6.07, 6.45) is 0. The van der Waals surface area contributed by atoms with Crippen molar-refractivity contribution in [3.8, 4) is 5.69 Å². The first kappa shape index (κ1) is 10.1. The first-order chi connectivity index (χ1) is 7.22. The van der Waals surface area contributed by atoms with Crippen LogP contribution in [-0.4, -0.2) is 16.8 Å². The number of halogens is 1. The first-order valence-electron chi connectivity index (χ1n) is 4.71. The molecule has 1 aromatic heterocycles. The van der Waals surface area contributed by atoms with Gasteiger partial charge in [0, 0.05) is 18.8 Å². The maximum absolute atomic E-state index is 6.10. The molecule has 0 aliphatic carbocycles. The molecule has 0 unspecified atom stereocenters. The van der Waals surface area contributed by atoms with E-state index in [4.69, 9.17) is 11.6 Å². The molecule has 0 aliphatic rings. The van der Waals surface area contributed by atoms with Crippen LogP contribution in [0.4, 0.5) is 5.82 Å². The van der Waals surface area contributed by atoms with Gasteiger partial charge < -0.3 is 5.32 Å². The minimum Gasteiger partial charge on any atom is -0.372 e. The Labute approximate surface area is 93.7 Å². The van der Waals surface area contributed by atoms with Crippen molar-refractivity contribution in [1.82, 2.24) is 9.78 Å². The van der Waals surface area contributed by atoms with E-state index >= 15 is 0 Å². The number of aryl methyl sites for hydroxylation is 1. The third-order valence-electron chi connectivity index (χ3n) is 2.22. The van der Waals surface area contributed by atoms with E-state index in [1.54, 1.807) is 0 Å². The van der Waals surface area contributed by atoms with Gasteiger partial charge in [-0.3, -0.25) is 0 Å². The molecule has 2 rings (SSSR count). The molecular formula is C11H12ClN3. The van der Waals surface area contributed by atoms with Crippen molar-refractivity contribution in [2.75, 3.05) is 12.4 Å². The van der Waals surface area contributed by atoms with Crippen molar-refractivity contribution in [2.24, 2.45) is 0 Å². The summed E-state index contributed by atoms with van der Waals surface area (Å²) < 4.78 is 1.83. The van der Waals surface area contributed by atoms with Gasteiger partial charge >= 0.3 is 0 Å². The van der Waals surface area contributed by atoms with Gasteiger partial charge in [-0.15, -0.1) is 0 Å². The van der Waals surface area contributed by atoms with E-state index in [0.29, 0.717) is 5.02 Å². The third-order valence-corrected chi connectivity index (χ3v) is 2.54. The second kappa shape index (κ2) is 3.95. The molecule has 2 aromatic rings. The van der Waals surface area contributed by atoms with Crippen LogP contribution in [0.3, 0.4) is 0 Å². The molecule has 0 fully saturated rings. The lowest BCUT2D eigenvalue weighted by molar-refractivity contribution is 0.849. The van der Waals surface area contributed by atoms with Crippen LogP contribution in [0, 0.1) is 6.92 Å². The Morgan fingerprint density at radius 3 is 2.67 bits per heavy atom. The van der Waals surface area contributed by atoms with Gasteiger partial charge in [0.25, 0.3) is 0 Å². The van der Waals surface area contributed by atoms with Crippen molar-refractivity contribution >= 4 is 17.4 Å². The standard InChI is InChI=1S/C11H12ClN3/c1-8-7-11(13-2)14-15(8)10-6-4-3-5-9(10)12/h3-7H,1-2H3,(H,13,14). The highest BCUT2D eigenvalue weighted by Crippen LogP contribution is 2.22. The maximum Gasteiger partial charge on any atom is 0.148 e. The molecule has 0 amide bonds. The molecule has 15 heavy (non-hydrogen) atoms. The Bertz CT molecular complexity index is 476. The minimum absolute atomic E-state index is 0.700. The van der Waals surface area contributed by atoms with Crippen molar-refractivity contribution in [3.63, 3.8) is 0 Å². The molecule has 0 radical (unpaired) electrons. The monoisotopic (exact) mass is 221 g/mol. The number of rotatable bonds is 2. The molecule has 78 valence electrons. The number of hydrogen-bond donors (Lipinski definition) is 1. The number of nitrogens with zero attached hydrogens (tertiary/aromatic N) is 2. The summed E-state index contributed by atoms with van der Waals surface area (Å²) in [7, 11) is 1.85. The predicted octanol–water partition coefficient (Wildman–Crippen LogP) is 2.88. The largest absolute Gasteiger partial charge is 0.372 e. The number of benzene rings is 1. The molecule has 0 atom stereocenters. The second-order valence-corrected chi connectivity index (χ2v) is 3.69. The topological polar surface area (TPSA) is 29.9 Å². The van der Waals surface area contributed by atoms with E-state index in [1.807, 2.05) is 49.0 Å². The van der Waals surface area contributed by atoms with Gasteiger partial charge in [0.15, 0.2) is 0 Å². The van der Waals surface area contributed by atoms with Gasteiger partial charge in [0.1, 0.15) is 5.82 Å². The van der Waals surface area contributed by atoms with E-state index in [0.717, 1.165) is 17.2 Å². The van der Waals surface area contributed by atoms with Gasteiger partial charge in [0.05, 0.1) is 10.7 Å². The zero-order valence-corrected chi connectivity index (χ0v) is 9.42.